The fourth-order valence-electron chi connectivity index (χ4n) is 2.47. The zero-order valence-electron chi connectivity index (χ0n) is 14.6. The Balaban J connectivity index is 2.35. The van der Waals surface area contributed by atoms with E-state index < -0.39 is 5.60 Å². The highest BCUT2D eigenvalue weighted by atomic mass is 16.6. The van der Waals surface area contributed by atoms with Crippen LogP contribution < -0.4 is 5.32 Å². The van der Waals surface area contributed by atoms with Crippen molar-refractivity contribution < 1.29 is 14.3 Å². The maximum atomic E-state index is 12.2. The zero-order chi connectivity index (χ0) is 16.8. The van der Waals surface area contributed by atoms with Crippen LogP contribution in [0.1, 0.15) is 47.0 Å². The van der Waals surface area contributed by atoms with Gasteiger partial charge in [0.2, 0.25) is 5.91 Å². The summed E-state index contributed by atoms with van der Waals surface area (Å²) in [5.74, 6) is 0.178. The van der Waals surface area contributed by atoms with Crippen LogP contribution in [0.25, 0.3) is 0 Å². The van der Waals surface area contributed by atoms with Gasteiger partial charge in [-0.2, -0.15) is 0 Å². The molecule has 0 saturated carbocycles. The molecule has 1 heterocycles. The van der Waals surface area contributed by atoms with Gasteiger partial charge in [0, 0.05) is 38.6 Å². The van der Waals surface area contributed by atoms with Crippen molar-refractivity contribution in [3.63, 3.8) is 0 Å². The molecular weight excluding hydrogens is 282 g/mol. The summed E-state index contributed by atoms with van der Waals surface area (Å²) in [4.78, 5) is 27.7. The molecule has 6 heteroatoms. The number of amides is 2. The maximum Gasteiger partial charge on any atom is 0.410 e. The van der Waals surface area contributed by atoms with Gasteiger partial charge in [0.15, 0.2) is 0 Å². The number of ether oxygens (including phenoxy) is 1. The summed E-state index contributed by atoms with van der Waals surface area (Å²) in [5, 5.41) is 3.21. The van der Waals surface area contributed by atoms with Crippen molar-refractivity contribution >= 4 is 12.0 Å². The molecule has 0 spiro atoms. The molecule has 0 aromatic heterocycles. The molecule has 2 amide bonds. The molecule has 1 rings (SSSR count). The summed E-state index contributed by atoms with van der Waals surface area (Å²) in [6, 6.07) is 0.395. The lowest BCUT2D eigenvalue weighted by Crippen LogP contribution is -2.51. The van der Waals surface area contributed by atoms with Crippen molar-refractivity contribution in [2.24, 2.45) is 0 Å². The fraction of sp³-hybridized carbons (Fsp3) is 0.875. The highest BCUT2D eigenvalue weighted by Crippen LogP contribution is 2.13. The van der Waals surface area contributed by atoms with Crippen molar-refractivity contribution in [2.45, 2.75) is 58.6 Å². The lowest BCUT2D eigenvalue weighted by molar-refractivity contribution is -0.133. The molecule has 1 N–H and O–H groups in total. The van der Waals surface area contributed by atoms with E-state index in [2.05, 4.69) is 12.2 Å². The molecule has 0 aromatic rings. The van der Waals surface area contributed by atoms with E-state index in [0.717, 1.165) is 12.8 Å². The van der Waals surface area contributed by atoms with Crippen molar-refractivity contribution in [3.8, 4) is 0 Å². The number of carbonyl (C=O) groups excluding carboxylic acids is 2. The first-order valence-electron chi connectivity index (χ1n) is 8.19. The predicted octanol–water partition coefficient (Wildman–Crippen LogP) is 1.84. The Hall–Kier alpha value is -1.30. The summed E-state index contributed by atoms with van der Waals surface area (Å²) in [6.45, 7) is 9.96. The largest absolute Gasteiger partial charge is 0.444 e. The number of nitrogens with one attached hydrogen (secondary N) is 1. The SMILES string of the molecule is CC[C@H](CCC(=O)N1CCN(C(=O)OC(C)(C)C)CC1)NC. The maximum absolute atomic E-state index is 12.2. The van der Waals surface area contributed by atoms with Gasteiger partial charge in [-0.1, -0.05) is 6.92 Å². The van der Waals surface area contributed by atoms with Gasteiger partial charge in [-0.25, -0.2) is 4.79 Å². The number of hydrogen-bond donors (Lipinski definition) is 1. The van der Waals surface area contributed by atoms with Gasteiger partial charge in [-0.05, 0) is 40.7 Å². The average Bonchev–Trinajstić information content (AvgIpc) is 2.46. The van der Waals surface area contributed by atoms with Crippen molar-refractivity contribution in [1.82, 2.24) is 15.1 Å². The highest BCUT2D eigenvalue weighted by molar-refractivity contribution is 5.76. The average molecular weight is 313 g/mol. The lowest BCUT2D eigenvalue weighted by Gasteiger charge is -2.35. The summed E-state index contributed by atoms with van der Waals surface area (Å²) in [7, 11) is 1.93. The van der Waals surface area contributed by atoms with Crippen LogP contribution in [0.2, 0.25) is 0 Å². The van der Waals surface area contributed by atoms with Crippen LogP contribution in [0.4, 0.5) is 4.79 Å². The van der Waals surface area contributed by atoms with E-state index in [9.17, 15) is 9.59 Å². The van der Waals surface area contributed by atoms with Gasteiger partial charge in [-0.3, -0.25) is 4.79 Å². The second-order valence-electron chi connectivity index (χ2n) is 6.78. The molecule has 0 unspecified atom stereocenters. The Morgan fingerprint density at radius 1 is 1.14 bits per heavy atom. The first-order chi connectivity index (χ1) is 10.3. The van der Waals surface area contributed by atoms with Crippen LogP contribution in [-0.2, 0) is 9.53 Å². The molecule has 0 aromatic carbocycles. The van der Waals surface area contributed by atoms with Gasteiger partial charge in [0.1, 0.15) is 5.60 Å². The molecule has 22 heavy (non-hydrogen) atoms. The zero-order valence-corrected chi connectivity index (χ0v) is 14.6. The monoisotopic (exact) mass is 313 g/mol. The molecule has 1 aliphatic rings. The Bertz CT molecular complexity index is 367. The number of nitrogens with zero attached hydrogens (tertiary/aromatic N) is 2. The van der Waals surface area contributed by atoms with Crippen LogP contribution in [-0.4, -0.2) is 66.7 Å². The van der Waals surface area contributed by atoms with Crippen LogP contribution in [0.15, 0.2) is 0 Å². The topological polar surface area (TPSA) is 61.9 Å². The Morgan fingerprint density at radius 3 is 2.14 bits per heavy atom. The fourth-order valence-corrected chi connectivity index (χ4v) is 2.47. The van der Waals surface area contributed by atoms with Crippen LogP contribution in [0.3, 0.4) is 0 Å². The molecule has 1 aliphatic heterocycles. The molecule has 1 saturated heterocycles. The summed E-state index contributed by atoms with van der Waals surface area (Å²) in [5.41, 5.74) is -0.480. The Kier molecular flexibility index (Phi) is 7.13. The van der Waals surface area contributed by atoms with Crippen LogP contribution in [0.5, 0.6) is 0 Å². The minimum Gasteiger partial charge on any atom is -0.444 e. The molecule has 128 valence electrons. The molecule has 0 bridgehead atoms. The first kappa shape index (κ1) is 18.7. The quantitative estimate of drug-likeness (QED) is 0.841. The first-order valence-corrected chi connectivity index (χ1v) is 8.19. The Labute approximate surface area is 134 Å². The molecule has 6 nitrogen and oxygen atoms in total. The normalized spacial score (nSPS) is 17.3. The van der Waals surface area contributed by atoms with E-state index in [1.54, 1.807) is 4.90 Å². The van der Waals surface area contributed by atoms with Crippen molar-refractivity contribution in [1.29, 1.82) is 0 Å². The van der Waals surface area contributed by atoms with Gasteiger partial charge >= 0.3 is 6.09 Å². The van der Waals surface area contributed by atoms with Crippen molar-refractivity contribution in [3.05, 3.63) is 0 Å². The molecule has 1 fully saturated rings. The van der Waals surface area contributed by atoms with E-state index in [1.165, 1.54) is 0 Å². The molecule has 0 aliphatic carbocycles. The van der Waals surface area contributed by atoms with E-state index in [0.29, 0.717) is 38.6 Å². The standard InChI is InChI=1S/C16H31N3O3/c1-6-13(17-5)7-8-14(20)18-9-11-19(12-10-18)15(21)22-16(2,3)4/h13,17H,6-12H2,1-5H3/t13-/m1/s1. The molecule has 1 atom stereocenters. The predicted molar refractivity (Wildman–Crippen MR) is 86.8 cm³/mol. The van der Waals surface area contributed by atoms with Gasteiger partial charge in [0.25, 0.3) is 0 Å². The van der Waals surface area contributed by atoms with Crippen LogP contribution in [0, 0.1) is 0 Å². The molecular formula is C16H31N3O3. The van der Waals surface area contributed by atoms with E-state index in [-0.39, 0.29) is 12.0 Å². The minimum atomic E-state index is -0.480. The molecule has 0 radical (unpaired) electrons. The van der Waals surface area contributed by atoms with Crippen molar-refractivity contribution in [2.75, 3.05) is 33.2 Å². The highest BCUT2D eigenvalue weighted by Gasteiger charge is 2.27. The summed E-state index contributed by atoms with van der Waals surface area (Å²) < 4.78 is 5.36. The third-order valence-electron chi connectivity index (χ3n) is 3.89. The van der Waals surface area contributed by atoms with Gasteiger partial charge < -0.3 is 19.9 Å². The van der Waals surface area contributed by atoms with E-state index >= 15 is 0 Å². The van der Waals surface area contributed by atoms with Gasteiger partial charge in [-0.15, -0.1) is 0 Å². The third kappa shape index (κ3) is 6.22. The Morgan fingerprint density at radius 2 is 1.68 bits per heavy atom. The number of rotatable bonds is 5. The number of carbonyl (C=O) groups is 2. The smallest absolute Gasteiger partial charge is 0.410 e. The lowest BCUT2D eigenvalue weighted by atomic mass is 10.1. The minimum absolute atomic E-state index is 0.178. The number of hydrogen-bond acceptors (Lipinski definition) is 4. The second kappa shape index (κ2) is 8.36. The third-order valence-corrected chi connectivity index (χ3v) is 3.89. The van der Waals surface area contributed by atoms with E-state index in [4.69, 9.17) is 4.74 Å². The summed E-state index contributed by atoms with van der Waals surface area (Å²) in [6.07, 6.45) is 2.15. The van der Waals surface area contributed by atoms with Gasteiger partial charge in [0.05, 0.1) is 0 Å². The van der Waals surface area contributed by atoms with E-state index in [1.807, 2.05) is 32.7 Å². The second-order valence-corrected chi connectivity index (χ2v) is 6.78. The summed E-state index contributed by atoms with van der Waals surface area (Å²) >= 11 is 0. The van der Waals surface area contributed by atoms with Crippen LogP contribution >= 0.6 is 0 Å². The number of piperazine rings is 1.